The maximum atomic E-state index is 11.2. The average Bonchev–Trinajstić information content (AvgIpc) is 2.23. The van der Waals surface area contributed by atoms with Gasteiger partial charge in [0.15, 0.2) is 0 Å². The van der Waals surface area contributed by atoms with Crippen LogP contribution >= 0.6 is 0 Å². The summed E-state index contributed by atoms with van der Waals surface area (Å²) < 4.78 is 1.59. The van der Waals surface area contributed by atoms with Gasteiger partial charge in [-0.1, -0.05) is 30.3 Å². The molecule has 70 valence electrons. The second kappa shape index (κ2) is 3.50. The van der Waals surface area contributed by atoms with E-state index in [9.17, 15) is 4.79 Å². The molecular weight excluding hydrogens is 174 g/mol. The first kappa shape index (κ1) is 8.75. The molecule has 0 atom stereocenters. The molecule has 0 saturated heterocycles. The lowest BCUT2D eigenvalue weighted by Crippen LogP contribution is -2.13. The quantitative estimate of drug-likeness (QED) is 0.666. The van der Waals surface area contributed by atoms with Crippen LogP contribution in [0.5, 0.6) is 0 Å². The van der Waals surface area contributed by atoms with Gasteiger partial charge >= 0.3 is 0 Å². The fourth-order valence-corrected chi connectivity index (χ4v) is 1.40. The number of aryl methyl sites for hydroxylation is 1. The van der Waals surface area contributed by atoms with Gasteiger partial charge in [0.25, 0.3) is 0 Å². The average molecular weight is 185 g/mol. The lowest BCUT2D eigenvalue weighted by atomic mass is 10.1. The molecule has 2 rings (SSSR count). The largest absolute Gasteiger partial charge is 0.318 e. The Kier molecular flexibility index (Phi) is 2.19. The summed E-state index contributed by atoms with van der Waals surface area (Å²) in [6.07, 6.45) is 1.84. The van der Waals surface area contributed by atoms with Gasteiger partial charge in [0, 0.05) is 19.3 Å². The van der Waals surface area contributed by atoms with E-state index in [-0.39, 0.29) is 5.56 Å². The van der Waals surface area contributed by atoms with Gasteiger partial charge in [0.2, 0.25) is 5.56 Å². The van der Waals surface area contributed by atoms with E-state index >= 15 is 0 Å². The fraction of sp³-hybridized carbons (Fsp3) is 0.0833. The molecule has 0 amide bonds. The van der Waals surface area contributed by atoms with Gasteiger partial charge < -0.3 is 4.57 Å². The monoisotopic (exact) mass is 185 g/mol. The molecule has 0 aliphatic carbocycles. The summed E-state index contributed by atoms with van der Waals surface area (Å²) in [7, 11) is 1.76. The number of benzene rings is 1. The standard InChI is InChI=1S/C12H11NO/c1-13-9-11(7-8-12(13)14)10-5-3-2-4-6-10/h2-9H,1H3. The van der Waals surface area contributed by atoms with Crippen molar-refractivity contribution in [3.8, 4) is 11.1 Å². The number of hydrogen-bond donors (Lipinski definition) is 0. The van der Waals surface area contributed by atoms with Crippen LogP contribution in [0.15, 0.2) is 53.5 Å². The van der Waals surface area contributed by atoms with Gasteiger partial charge in [-0.15, -0.1) is 0 Å². The van der Waals surface area contributed by atoms with Gasteiger partial charge in [-0.3, -0.25) is 4.79 Å². The third-order valence-electron chi connectivity index (χ3n) is 2.19. The van der Waals surface area contributed by atoms with Crippen molar-refractivity contribution >= 4 is 0 Å². The van der Waals surface area contributed by atoms with Crippen LogP contribution in [0.1, 0.15) is 0 Å². The Balaban J connectivity index is 2.54. The van der Waals surface area contributed by atoms with Gasteiger partial charge in [-0.05, 0) is 17.2 Å². The zero-order chi connectivity index (χ0) is 9.97. The van der Waals surface area contributed by atoms with Crippen LogP contribution < -0.4 is 5.56 Å². The van der Waals surface area contributed by atoms with Crippen molar-refractivity contribution in [3.05, 3.63) is 59.0 Å². The van der Waals surface area contributed by atoms with Crippen molar-refractivity contribution in [2.75, 3.05) is 0 Å². The molecule has 2 aromatic rings. The molecule has 0 N–H and O–H groups in total. The Morgan fingerprint density at radius 1 is 0.929 bits per heavy atom. The zero-order valence-electron chi connectivity index (χ0n) is 7.97. The molecule has 0 spiro atoms. The fourth-order valence-electron chi connectivity index (χ4n) is 1.40. The Morgan fingerprint density at radius 2 is 1.64 bits per heavy atom. The smallest absolute Gasteiger partial charge is 0.250 e. The minimum atomic E-state index is 0.0182. The molecule has 0 aliphatic rings. The normalized spacial score (nSPS) is 10.1. The molecule has 2 nitrogen and oxygen atoms in total. The first-order chi connectivity index (χ1) is 6.77. The minimum Gasteiger partial charge on any atom is -0.318 e. The third-order valence-corrected chi connectivity index (χ3v) is 2.19. The molecule has 0 bridgehead atoms. The molecule has 1 aromatic carbocycles. The zero-order valence-corrected chi connectivity index (χ0v) is 7.97. The lowest BCUT2D eigenvalue weighted by molar-refractivity contribution is 0.862. The Hall–Kier alpha value is -1.83. The lowest BCUT2D eigenvalue weighted by Gasteiger charge is -2.02. The van der Waals surface area contributed by atoms with Crippen molar-refractivity contribution in [1.29, 1.82) is 0 Å². The Labute approximate surface area is 82.4 Å². The van der Waals surface area contributed by atoms with E-state index in [4.69, 9.17) is 0 Å². The van der Waals surface area contributed by atoms with Gasteiger partial charge in [-0.2, -0.15) is 0 Å². The van der Waals surface area contributed by atoms with Crippen LogP contribution in [0.2, 0.25) is 0 Å². The number of pyridine rings is 1. The summed E-state index contributed by atoms with van der Waals surface area (Å²) in [6, 6.07) is 13.4. The highest BCUT2D eigenvalue weighted by Gasteiger charge is 1.97. The highest BCUT2D eigenvalue weighted by atomic mass is 16.1. The van der Waals surface area contributed by atoms with Crippen molar-refractivity contribution in [1.82, 2.24) is 4.57 Å². The highest BCUT2D eigenvalue weighted by Crippen LogP contribution is 2.16. The Bertz CT molecular complexity index is 485. The third kappa shape index (κ3) is 1.59. The van der Waals surface area contributed by atoms with Crippen molar-refractivity contribution < 1.29 is 0 Å². The van der Waals surface area contributed by atoms with Crippen LogP contribution in [0.3, 0.4) is 0 Å². The van der Waals surface area contributed by atoms with Crippen molar-refractivity contribution in [3.63, 3.8) is 0 Å². The number of hydrogen-bond acceptors (Lipinski definition) is 1. The van der Waals surface area contributed by atoms with Crippen LogP contribution in [0.4, 0.5) is 0 Å². The number of nitrogens with zero attached hydrogens (tertiary/aromatic N) is 1. The van der Waals surface area contributed by atoms with Gasteiger partial charge in [0.1, 0.15) is 0 Å². The molecule has 1 aromatic heterocycles. The summed E-state index contributed by atoms with van der Waals surface area (Å²) >= 11 is 0. The molecule has 1 heterocycles. The second-order valence-corrected chi connectivity index (χ2v) is 3.23. The molecule has 14 heavy (non-hydrogen) atoms. The maximum Gasteiger partial charge on any atom is 0.250 e. The van der Waals surface area contributed by atoms with Crippen LogP contribution in [0, 0.1) is 0 Å². The summed E-state index contributed by atoms with van der Waals surface area (Å²) in [5.74, 6) is 0. The van der Waals surface area contributed by atoms with Gasteiger partial charge in [-0.25, -0.2) is 0 Å². The number of aromatic nitrogens is 1. The van der Waals surface area contributed by atoms with Crippen LogP contribution in [-0.2, 0) is 7.05 Å². The molecule has 0 unspecified atom stereocenters. The topological polar surface area (TPSA) is 22.0 Å². The van der Waals surface area contributed by atoms with E-state index in [0.717, 1.165) is 11.1 Å². The Morgan fingerprint density at radius 3 is 2.29 bits per heavy atom. The van der Waals surface area contributed by atoms with Crippen molar-refractivity contribution in [2.45, 2.75) is 0 Å². The molecule has 0 saturated carbocycles. The molecule has 0 aliphatic heterocycles. The first-order valence-corrected chi connectivity index (χ1v) is 4.49. The summed E-state index contributed by atoms with van der Waals surface area (Å²) in [4.78, 5) is 11.2. The van der Waals surface area contributed by atoms with E-state index < -0.39 is 0 Å². The molecule has 2 heteroatoms. The SMILES string of the molecule is Cn1cc(-c2ccccc2)ccc1=O. The van der Waals surface area contributed by atoms with E-state index in [1.165, 1.54) is 0 Å². The maximum absolute atomic E-state index is 11.2. The van der Waals surface area contributed by atoms with E-state index in [1.807, 2.05) is 42.6 Å². The van der Waals surface area contributed by atoms with Crippen LogP contribution in [0.25, 0.3) is 11.1 Å². The van der Waals surface area contributed by atoms with Crippen molar-refractivity contribution in [2.24, 2.45) is 7.05 Å². The minimum absolute atomic E-state index is 0.0182. The predicted octanol–water partition coefficient (Wildman–Crippen LogP) is 2.05. The second-order valence-electron chi connectivity index (χ2n) is 3.23. The summed E-state index contributed by atoms with van der Waals surface area (Å²) in [5.41, 5.74) is 2.21. The van der Waals surface area contributed by atoms with E-state index in [2.05, 4.69) is 0 Å². The van der Waals surface area contributed by atoms with Crippen LogP contribution in [-0.4, -0.2) is 4.57 Å². The molecular formula is C12H11NO. The molecule has 0 fully saturated rings. The highest BCUT2D eigenvalue weighted by molar-refractivity contribution is 5.61. The van der Waals surface area contributed by atoms with E-state index in [0.29, 0.717) is 0 Å². The molecule has 0 radical (unpaired) electrons. The van der Waals surface area contributed by atoms with Gasteiger partial charge in [0.05, 0.1) is 0 Å². The summed E-state index contributed by atoms with van der Waals surface area (Å²) in [6.45, 7) is 0. The van der Waals surface area contributed by atoms with E-state index in [1.54, 1.807) is 17.7 Å². The first-order valence-electron chi connectivity index (χ1n) is 4.49. The predicted molar refractivity (Wildman–Crippen MR) is 57.1 cm³/mol. The summed E-state index contributed by atoms with van der Waals surface area (Å²) in [5, 5.41) is 0. The number of rotatable bonds is 1.